The second-order valence-corrected chi connectivity index (χ2v) is 8.07. The minimum Gasteiger partial charge on any atom is -0.465 e. The molecule has 144 valence electrons. The zero-order valence-electron chi connectivity index (χ0n) is 17.1. The average Bonchev–Trinajstić information content (AvgIpc) is 2.89. The first-order chi connectivity index (χ1) is 13.2. The molecule has 3 rings (SSSR count). The van der Waals surface area contributed by atoms with Gasteiger partial charge in [0.1, 0.15) is 5.57 Å². The summed E-state index contributed by atoms with van der Waals surface area (Å²) in [5.74, 6) is -0.716. The fourth-order valence-corrected chi connectivity index (χ4v) is 3.55. The smallest absolute Gasteiger partial charge is 0.341 e. The Morgan fingerprint density at radius 2 is 1.39 bits per heavy atom. The summed E-state index contributed by atoms with van der Waals surface area (Å²) in [5, 5.41) is 0. The molecule has 28 heavy (non-hydrogen) atoms. The molecular formula is C25H26O3. The summed E-state index contributed by atoms with van der Waals surface area (Å²) in [5.41, 5.74) is 5.73. The van der Waals surface area contributed by atoms with E-state index in [0.717, 1.165) is 22.3 Å². The summed E-state index contributed by atoms with van der Waals surface area (Å²) in [4.78, 5) is 25.1. The molecule has 0 N–H and O–H groups in total. The highest BCUT2D eigenvalue weighted by atomic mass is 16.5. The van der Waals surface area contributed by atoms with Crippen LogP contribution in [0.2, 0.25) is 0 Å². The standard InChI is InChI=1S/C25H26O3/c1-16-6-10-18(11-7-16)21(19-12-8-17(2)9-13-19)14-20-15-25(3,4)23(26)22(20)24(27)28-5/h6-14H,15H2,1-5H3. The summed E-state index contributed by atoms with van der Waals surface area (Å²) >= 11 is 0. The van der Waals surface area contributed by atoms with Gasteiger partial charge in [0.05, 0.1) is 7.11 Å². The van der Waals surface area contributed by atoms with Crippen LogP contribution in [0.15, 0.2) is 65.8 Å². The van der Waals surface area contributed by atoms with Crippen molar-refractivity contribution in [3.05, 3.63) is 88.0 Å². The summed E-state index contributed by atoms with van der Waals surface area (Å²) in [7, 11) is 1.32. The zero-order valence-corrected chi connectivity index (χ0v) is 17.1. The molecule has 0 atom stereocenters. The van der Waals surface area contributed by atoms with Gasteiger partial charge in [-0.15, -0.1) is 0 Å². The first-order valence-electron chi connectivity index (χ1n) is 9.45. The lowest BCUT2D eigenvalue weighted by Crippen LogP contribution is -2.23. The van der Waals surface area contributed by atoms with E-state index in [-0.39, 0.29) is 11.4 Å². The van der Waals surface area contributed by atoms with Crippen molar-refractivity contribution in [3.8, 4) is 0 Å². The number of carbonyl (C=O) groups is 2. The van der Waals surface area contributed by atoms with Gasteiger partial charge in [0, 0.05) is 5.41 Å². The van der Waals surface area contributed by atoms with E-state index >= 15 is 0 Å². The maximum Gasteiger partial charge on any atom is 0.341 e. The van der Waals surface area contributed by atoms with Crippen molar-refractivity contribution in [2.75, 3.05) is 7.11 Å². The van der Waals surface area contributed by atoms with Crippen LogP contribution in [-0.4, -0.2) is 18.9 Å². The number of hydrogen-bond acceptors (Lipinski definition) is 3. The molecule has 0 aliphatic heterocycles. The normalized spacial score (nSPS) is 15.5. The molecule has 0 bridgehead atoms. The van der Waals surface area contributed by atoms with Crippen molar-refractivity contribution < 1.29 is 14.3 Å². The second kappa shape index (κ2) is 7.59. The molecule has 0 radical (unpaired) electrons. The molecular weight excluding hydrogens is 348 g/mol. The Morgan fingerprint density at radius 1 is 0.929 bits per heavy atom. The Labute approximate surface area is 166 Å². The number of methoxy groups -OCH3 is 1. The monoisotopic (exact) mass is 374 g/mol. The van der Waals surface area contributed by atoms with E-state index in [1.165, 1.54) is 18.2 Å². The molecule has 0 saturated carbocycles. The molecule has 0 saturated heterocycles. The average molecular weight is 374 g/mol. The number of carbonyl (C=O) groups excluding carboxylic acids is 2. The molecule has 2 aromatic rings. The molecule has 0 spiro atoms. The van der Waals surface area contributed by atoms with Gasteiger partial charge in [-0.05, 0) is 48.6 Å². The van der Waals surface area contributed by atoms with Crippen LogP contribution in [0.5, 0.6) is 0 Å². The number of hydrogen-bond donors (Lipinski definition) is 0. The largest absolute Gasteiger partial charge is 0.465 e. The molecule has 3 nitrogen and oxygen atoms in total. The van der Waals surface area contributed by atoms with Crippen LogP contribution < -0.4 is 0 Å². The first kappa shape index (κ1) is 19.8. The summed E-state index contributed by atoms with van der Waals surface area (Å²) < 4.78 is 4.91. The minimum atomic E-state index is -0.610. The fraction of sp³-hybridized carbons (Fsp3) is 0.280. The Kier molecular flexibility index (Phi) is 5.37. The third kappa shape index (κ3) is 3.84. The van der Waals surface area contributed by atoms with E-state index in [1.807, 2.05) is 19.9 Å². The van der Waals surface area contributed by atoms with E-state index in [2.05, 4.69) is 62.4 Å². The number of ether oxygens (including phenoxy) is 1. The number of allylic oxidation sites excluding steroid dienone is 2. The van der Waals surface area contributed by atoms with Crippen molar-refractivity contribution in [3.63, 3.8) is 0 Å². The molecule has 0 fully saturated rings. The topological polar surface area (TPSA) is 43.4 Å². The lowest BCUT2D eigenvalue weighted by atomic mass is 9.87. The van der Waals surface area contributed by atoms with E-state index in [4.69, 9.17) is 4.74 Å². The van der Waals surface area contributed by atoms with Crippen molar-refractivity contribution in [1.29, 1.82) is 0 Å². The second-order valence-electron chi connectivity index (χ2n) is 8.07. The third-order valence-electron chi connectivity index (χ3n) is 5.23. The van der Waals surface area contributed by atoms with E-state index in [9.17, 15) is 9.59 Å². The molecule has 0 heterocycles. The highest BCUT2D eigenvalue weighted by molar-refractivity contribution is 6.22. The van der Waals surface area contributed by atoms with Gasteiger partial charge in [-0.1, -0.05) is 73.5 Å². The van der Waals surface area contributed by atoms with Crippen LogP contribution in [0.1, 0.15) is 42.5 Å². The lowest BCUT2D eigenvalue weighted by molar-refractivity contribution is -0.138. The Balaban J connectivity index is 2.21. The molecule has 0 amide bonds. The predicted molar refractivity (Wildman–Crippen MR) is 112 cm³/mol. The van der Waals surface area contributed by atoms with Gasteiger partial charge in [0.2, 0.25) is 0 Å². The molecule has 2 aromatic carbocycles. The maximum absolute atomic E-state index is 12.8. The highest BCUT2D eigenvalue weighted by Gasteiger charge is 2.42. The number of benzene rings is 2. The van der Waals surface area contributed by atoms with E-state index in [0.29, 0.717) is 6.42 Å². The van der Waals surface area contributed by atoms with E-state index in [1.54, 1.807) is 0 Å². The molecule has 1 aliphatic carbocycles. The third-order valence-corrected chi connectivity index (χ3v) is 5.23. The lowest BCUT2D eigenvalue weighted by Gasteiger charge is -2.15. The quantitative estimate of drug-likeness (QED) is 0.545. The number of Topliss-reactive ketones (excluding diaryl/α,β-unsaturated/α-hetero) is 1. The Hall–Kier alpha value is -2.94. The minimum absolute atomic E-state index is 0.155. The van der Waals surface area contributed by atoms with Gasteiger partial charge in [-0.25, -0.2) is 4.79 Å². The van der Waals surface area contributed by atoms with Gasteiger partial charge >= 0.3 is 5.97 Å². The van der Waals surface area contributed by atoms with Crippen LogP contribution in [0.25, 0.3) is 5.57 Å². The summed E-state index contributed by atoms with van der Waals surface area (Å²) in [6.07, 6.45) is 2.49. The molecule has 3 heteroatoms. The summed E-state index contributed by atoms with van der Waals surface area (Å²) in [6.45, 7) is 7.84. The number of esters is 1. The molecule has 0 aromatic heterocycles. The van der Waals surface area contributed by atoms with Gasteiger partial charge in [-0.3, -0.25) is 4.79 Å². The fourth-order valence-electron chi connectivity index (χ4n) is 3.55. The van der Waals surface area contributed by atoms with Crippen LogP contribution in [0.3, 0.4) is 0 Å². The van der Waals surface area contributed by atoms with Crippen molar-refractivity contribution in [2.45, 2.75) is 34.1 Å². The van der Waals surface area contributed by atoms with Gasteiger partial charge in [0.15, 0.2) is 5.78 Å². The van der Waals surface area contributed by atoms with Gasteiger partial charge in [0.25, 0.3) is 0 Å². The SMILES string of the molecule is COC(=O)C1=C(C=C(c2ccc(C)cc2)c2ccc(C)cc2)CC(C)(C)C1=O. The Bertz CT molecular complexity index is 924. The Morgan fingerprint density at radius 3 is 1.82 bits per heavy atom. The van der Waals surface area contributed by atoms with Crippen LogP contribution in [-0.2, 0) is 14.3 Å². The molecule has 1 aliphatic rings. The van der Waals surface area contributed by atoms with Crippen LogP contribution in [0, 0.1) is 19.3 Å². The van der Waals surface area contributed by atoms with Crippen LogP contribution >= 0.6 is 0 Å². The predicted octanol–water partition coefficient (Wildman–Crippen LogP) is 5.20. The highest BCUT2D eigenvalue weighted by Crippen LogP contribution is 2.41. The van der Waals surface area contributed by atoms with Gasteiger partial charge < -0.3 is 4.74 Å². The number of rotatable bonds is 4. The summed E-state index contributed by atoms with van der Waals surface area (Å²) in [6, 6.07) is 16.5. The van der Waals surface area contributed by atoms with Crippen molar-refractivity contribution in [1.82, 2.24) is 0 Å². The maximum atomic E-state index is 12.8. The van der Waals surface area contributed by atoms with Crippen molar-refractivity contribution >= 4 is 17.3 Å². The zero-order chi connectivity index (χ0) is 20.5. The first-order valence-corrected chi connectivity index (χ1v) is 9.45. The molecule has 0 unspecified atom stereocenters. The van der Waals surface area contributed by atoms with Crippen LogP contribution in [0.4, 0.5) is 0 Å². The van der Waals surface area contributed by atoms with Gasteiger partial charge in [-0.2, -0.15) is 0 Å². The van der Waals surface area contributed by atoms with Crippen molar-refractivity contribution in [2.24, 2.45) is 5.41 Å². The van der Waals surface area contributed by atoms with E-state index < -0.39 is 11.4 Å². The number of ketones is 1. The number of aryl methyl sites for hydroxylation is 2.